The van der Waals surface area contributed by atoms with Crippen molar-refractivity contribution in [3.05, 3.63) is 47.5 Å². The van der Waals surface area contributed by atoms with Crippen molar-refractivity contribution < 1.29 is 9.18 Å². The predicted molar refractivity (Wildman–Crippen MR) is 64.8 cm³/mol. The van der Waals surface area contributed by atoms with E-state index in [4.69, 9.17) is 5.73 Å². The van der Waals surface area contributed by atoms with Gasteiger partial charge in [0, 0.05) is 12.7 Å². The van der Waals surface area contributed by atoms with Crippen LogP contribution in [0.1, 0.15) is 15.9 Å². The number of carbonyl (C=O) groups is 1. The highest BCUT2D eigenvalue weighted by Crippen LogP contribution is 2.13. The van der Waals surface area contributed by atoms with Crippen molar-refractivity contribution >= 4 is 5.91 Å². The number of hydrogen-bond donors (Lipinski definition) is 2. The molecule has 0 spiro atoms. The molecule has 0 fully saturated rings. The monoisotopic (exact) mass is 248 g/mol. The third-order valence-electron chi connectivity index (χ3n) is 2.45. The highest BCUT2D eigenvalue weighted by molar-refractivity contribution is 5.92. The van der Waals surface area contributed by atoms with Gasteiger partial charge in [0.25, 0.3) is 5.91 Å². The highest BCUT2D eigenvalue weighted by Gasteiger charge is 2.07. The Hall–Kier alpha value is -2.21. The first kappa shape index (κ1) is 12.3. The maximum atomic E-state index is 13.4. The molecule has 2 rings (SSSR count). The largest absolute Gasteiger partial charge is 0.366 e. The number of rotatable bonds is 4. The van der Waals surface area contributed by atoms with Gasteiger partial charge in [-0.3, -0.25) is 4.79 Å². The van der Waals surface area contributed by atoms with E-state index >= 15 is 0 Å². The number of benzene rings is 1. The zero-order valence-corrected chi connectivity index (χ0v) is 9.85. The highest BCUT2D eigenvalue weighted by atomic mass is 19.1. The quantitative estimate of drug-likeness (QED) is 0.841. The maximum absolute atomic E-state index is 13.4. The first-order valence-electron chi connectivity index (χ1n) is 5.39. The summed E-state index contributed by atoms with van der Waals surface area (Å²) in [4.78, 5) is 11.0. The second kappa shape index (κ2) is 4.97. The van der Waals surface area contributed by atoms with Crippen LogP contribution in [-0.4, -0.2) is 22.7 Å². The van der Waals surface area contributed by atoms with Crippen LogP contribution in [0, 0.1) is 5.82 Å². The third kappa shape index (κ3) is 2.54. The van der Waals surface area contributed by atoms with E-state index in [0.29, 0.717) is 12.2 Å². The summed E-state index contributed by atoms with van der Waals surface area (Å²) in [7, 11) is 1.78. The van der Waals surface area contributed by atoms with Crippen LogP contribution in [0.3, 0.4) is 0 Å². The molecule has 94 valence electrons. The summed E-state index contributed by atoms with van der Waals surface area (Å²) in [6.45, 7) is 0.550. The number of primary amides is 1. The Labute approximate surface area is 103 Å². The molecule has 6 heteroatoms. The zero-order chi connectivity index (χ0) is 13.1. The standard InChI is InChI=1S/C12H13FN4O/c1-15-5-8-2-10(13)4-11(3-8)17-7-9(6-16-17)12(14)18/h2-4,6-7,15H,5H2,1H3,(H2,14,18). The topological polar surface area (TPSA) is 72.9 Å². The molecule has 0 radical (unpaired) electrons. The van der Waals surface area contributed by atoms with Crippen LogP contribution in [0.4, 0.5) is 4.39 Å². The second-order valence-corrected chi connectivity index (χ2v) is 3.89. The normalized spacial score (nSPS) is 10.6. The van der Waals surface area contributed by atoms with Crippen LogP contribution >= 0.6 is 0 Å². The number of hydrogen-bond acceptors (Lipinski definition) is 3. The predicted octanol–water partition coefficient (Wildman–Crippen LogP) is 0.830. The van der Waals surface area contributed by atoms with Crippen molar-refractivity contribution in [3.8, 4) is 5.69 Å². The molecule has 0 bridgehead atoms. The molecular formula is C12H13FN4O. The fraction of sp³-hybridized carbons (Fsp3) is 0.167. The number of halogens is 1. The van der Waals surface area contributed by atoms with Crippen LogP contribution in [-0.2, 0) is 6.54 Å². The van der Waals surface area contributed by atoms with Crippen molar-refractivity contribution in [2.45, 2.75) is 6.54 Å². The molecule has 1 aromatic heterocycles. The first-order chi connectivity index (χ1) is 8.60. The summed E-state index contributed by atoms with van der Waals surface area (Å²) in [6.07, 6.45) is 2.82. The van der Waals surface area contributed by atoms with E-state index in [0.717, 1.165) is 5.56 Å². The molecule has 1 amide bonds. The Balaban J connectivity index is 2.39. The van der Waals surface area contributed by atoms with Gasteiger partial charge in [-0.1, -0.05) is 0 Å². The van der Waals surface area contributed by atoms with Gasteiger partial charge < -0.3 is 11.1 Å². The van der Waals surface area contributed by atoms with E-state index in [1.165, 1.54) is 29.2 Å². The Morgan fingerprint density at radius 2 is 2.28 bits per heavy atom. The van der Waals surface area contributed by atoms with E-state index in [2.05, 4.69) is 10.4 Å². The van der Waals surface area contributed by atoms with Gasteiger partial charge in [-0.25, -0.2) is 9.07 Å². The lowest BCUT2D eigenvalue weighted by molar-refractivity contribution is 0.100. The molecule has 0 atom stereocenters. The van der Waals surface area contributed by atoms with Crippen LogP contribution < -0.4 is 11.1 Å². The Bertz CT molecular complexity index is 579. The summed E-state index contributed by atoms with van der Waals surface area (Å²) in [5, 5.41) is 6.92. The summed E-state index contributed by atoms with van der Waals surface area (Å²) < 4.78 is 14.9. The van der Waals surface area contributed by atoms with Gasteiger partial charge in [-0.05, 0) is 30.8 Å². The fourth-order valence-electron chi connectivity index (χ4n) is 1.66. The molecule has 1 aromatic carbocycles. The summed E-state index contributed by atoms with van der Waals surface area (Å²) in [6, 6.07) is 4.58. The maximum Gasteiger partial charge on any atom is 0.251 e. The number of nitrogens with zero attached hydrogens (tertiary/aromatic N) is 2. The molecule has 0 saturated heterocycles. The minimum Gasteiger partial charge on any atom is -0.366 e. The lowest BCUT2D eigenvalue weighted by Crippen LogP contribution is -2.09. The van der Waals surface area contributed by atoms with E-state index in [1.807, 2.05) is 0 Å². The summed E-state index contributed by atoms with van der Waals surface area (Å²) in [5.41, 5.74) is 6.77. The number of nitrogens with two attached hydrogens (primary N) is 1. The molecule has 0 unspecified atom stereocenters. The smallest absolute Gasteiger partial charge is 0.251 e. The molecule has 18 heavy (non-hydrogen) atoms. The number of aromatic nitrogens is 2. The first-order valence-corrected chi connectivity index (χ1v) is 5.39. The summed E-state index contributed by atoms with van der Waals surface area (Å²) in [5.74, 6) is -0.915. The van der Waals surface area contributed by atoms with E-state index in [-0.39, 0.29) is 11.4 Å². The van der Waals surface area contributed by atoms with Gasteiger partial charge in [0.1, 0.15) is 5.82 Å². The Morgan fingerprint density at radius 1 is 1.50 bits per heavy atom. The lowest BCUT2D eigenvalue weighted by atomic mass is 10.2. The van der Waals surface area contributed by atoms with Crippen molar-refractivity contribution in [3.63, 3.8) is 0 Å². The van der Waals surface area contributed by atoms with E-state index in [9.17, 15) is 9.18 Å². The van der Waals surface area contributed by atoms with Crippen LogP contribution in [0.15, 0.2) is 30.6 Å². The SMILES string of the molecule is CNCc1cc(F)cc(-n2cc(C(N)=O)cn2)c1. The van der Waals surface area contributed by atoms with Gasteiger partial charge in [-0.15, -0.1) is 0 Å². The van der Waals surface area contributed by atoms with Crippen molar-refractivity contribution in [1.29, 1.82) is 0 Å². The third-order valence-corrected chi connectivity index (χ3v) is 2.45. The van der Waals surface area contributed by atoms with Crippen LogP contribution in [0.25, 0.3) is 5.69 Å². The lowest BCUT2D eigenvalue weighted by Gasteiger charge is -2.05. The molecule has 0 aliphatic carbocycles. The van der Waals surface area contributed by atoms with Gasteiger partial charge in [0.2, 0.25) is 0 Å². The zero-order valence-electron chi connectivity index (χ0n) is 9.85. The minimum atomic E-state index is -0.562. The second-order valence-electron chi connectivity index (χ2n) is 3.89. The van der Waals surface area contributed by atoms with Crippen LogP contribution in [0.5, 0.6) is 0 Å². The minimum absolute atomic E-state index is 0.287. The summed E-state index contributed by atoms with van der Waals surface area (Å²) >= 11 is 0. The number of carbonyl (C=O) groups excluding carboxylic acids is 1. The van der Waals surface area contributed by atoms with Gasteiger partial charge in [0.15, 0.2) is 0 Å². The molecule has 2 aromatic rings. The fourth-order valence-corrected chi connectivity index (χ4v) is 1.66. The van der Waals surface area contributed by atoms with Gasteiger partial charge in [0.05, 0.1) is 17.4 Å². The number of amides is 1. The molecule has 1 heterocycles. The molecule has 0 aliphatic heterocycles. The van der Waals surface area contributed by atoms with E-state index in [1.54, 1.807) is 13.1 Å². The average molecular weight is 248 g/mol. The van der Waals surface area contributed by atoms with Crippen molar-refractivity contribution in [2.75, 3.05) is 7.05 Å². The Morgan fingerprint density at radius 3 is 2.89 bits per heavy atom. The molecule has 5 nitrogen and oxygen atoms in total. The van der Waals surface area contributed by atoms with Gasteiger partial charge >= 0.3 is 0 Å². The van der Waals surface area contributed by atoms with Crippen molar-refractivity contribution in [1.82, 2.24) is 15.1 Å². The molecule has 3 N–H and O–H groups in total. The van der Waals surface area contributed by atoms with E-state index < -0.39 is 5.91 Å². The van der Waals surface area contributed by atoms with Gasteiger partial charge in [-0.2, -0.15) is 5.10 Å². The molecule has 0 aliphatic rings. The average Bonchev–Trinajstić information content (AvgIpc) is 2.78. The van der Waals surface area contributed by atoms with Crippen LogP contribution in [0.2, 0.25) is 0 Å². The Kier molecular flexibility index (Phi) is 3.38. The molecule has 0 saturated carbocycles. The number of nitrogens with one attached hydrogen (secondary N) is 1. The molecular weight excluding hydrogens is 235 g/mol. The van der Waals surface area contributed by atoms with Crippen molar-refractivity contribution in [2.24, 2.45) is 5.73 Å².